The standard InChI is InChI=1S/C30H54O26/c31-1-7(35)25(55-29-22(46)19(43)15(39)10(3-33)52-29)13(37)8(36)5-49-28-24(48)26(56-30-23(47)20(44)16(40)11(4-34)53-30)17(41)12(54-28)6-50-27-21(45)18(42)14(38)9(2-32)51-27/h7-48H,1-6H2/t7-,8-,9-,10-,11-,12-,13-,14-,15-,16-,17-,18+,19+,20+,21+,22+,23+,24+,25-,26+,27+,28+,29-,30-/m1/s1. The van der Waals surface area contributed by atoms with E-state index in [0.717, 1.165) is 0 Å². The van der Waals surface area contributed by atoms with Gasteiger partial charge >= 0.3 is 0 Å². The fourth-order valence-electron chi connectivity index (χ4n) is 6.42. The van der Waals surface area contributed by atoms with E-state index in [9.17, 15) is 91.9 Å². The Balaban J connectivity index is 1.51. The van der Waals surface area contributed by atoms with Crippen LogP contribution in [-0.4, -0.2) is 279 Å². The highest BCUT2D eigenvalue weighted by Gasteiger charge is 2.53. The maximum absolute atomic E-state index is 11.2. The van der Waals surface area contributed by atoms with Gasteiger partial charge in [-0.15, -0.1) is 0 Å². The second kappa shape index (κ2) is 21.0. The summed E-state index contributed by atoms with van der Waals surface area (Å²) in [7, 11) is 0. The van der Waals surface area contributed by atoms with Crippen molar-refractivity contribution in [2.45, 2.75) is 147 Å². The summed E-state index contributed by atoms with van der Waals surface area (Å²) in [5.41, 5.74) is 0. The SMILES string of the molecule is OC[C@@H](O)[C@@H](O[C@H]1O[C@H](CO)[C@@H](O)[C@H](O)[C@@H]1O)[C@H](O)[C@H](O)CO[C@H]1O[C@H](CO[C@H]2O[C@H](CO)[C@@H](O)[C@H](O)[C@@H]2O)[C@@H](O)[C@H](O[C@H]2O[C@H](CO)[C@@H](O)[C@H](O)[C@@H]2O)[C@@H]1O. The van der Waals surface area contributed by atoms with Gasteiger partial charge in [-0.25, -0.2) is 0 Å². The fourth-order valence-corrected chi connectivity index (χ4v) is 6.42. The van der Waals surface area contributed by atoms with Gasteiger partial charge in [-0.1, -0.05) is 0 Å². The highest BCUT2D eigenvalue weighted by molar-refractivity contribution is 4.96. The van der Waals surface area contributed by atoms with E-state index < -0.39 is 187 Å². The summed E-state index contributed by atoms with van der Waals surface area (Å²) in [5, 5.41) is 185. The summed E-state index contributed by atoms with van der Waals surface area (Å²) in [6.07, 6.45) is -45.3. The third-order valence-electron chi connectivity index (χ3n) is 9.92. The average Bonchev–Trinajstić information content (AvgIpc) is 3.19. The Hall–Kier alpha value is -1.04. The van der Waals surface area contributed by atoms with Gasteiger partial charge in [-0.05, 0) is 0 Å². The van der Waals surface area contributed by atoms with Crippen molar-refractivity contribution in [1.82, 2.24) is 0 Å². The molecular weight excluding hydrogens is 776 g/mol. The lowest BCUT2D eigenvalue weighted by Gasteiger charge is -2.46. The largest absolute Gasteiger partial charge is 0.394 e. The highest BCUT2D eigenvalue weighted by atomic mass is 16.8. The average molecular weight is 831 g/mol. The molecule has 26 heteroatoms. The first-order valence-corrected chi connectivity index (χ1v) is 17.5. The predicted octanol–water partition coefficient (Wildman–Crippen LogP) is -12.3. The molecule has 4 fully saturated rings. The Morgan fingerprint density at radius 1 is 0.429 bits per heavy atom. The first-order chi connectivity index (χ1) is 26.4. The lowest BCUT2D eigenvalue weighted by atomic mass is 9.96. The van der Waals surface area contributed by atoms with Gasteiger partial charge in [0.2, 0.25) is 0 Å². The van der Waals surface area contributed by atoms with Gasteiger partial charge in [0, 0.05) is 0 Å². The van der Waals surface area contributed by atoms with Gasteiger partial charge in [0.1, 0.15) is 122 Å². The van der Waals surface area contributed by atoms with Gasteiger partial charge in [0.15, 0.2) is 25.2 Å². The Bertz CT molecular complexity index is 1160. The Labute approximate surface area is 317 Å². The van der Waals surface area contributed by atoms with Crippen molar-refractivity contribution in [2.75, 3.05) is 39.6 Å². The summed E-state index contributed by atoms with van der Waals surface area (Å²) in [4.78, 5) is 0. The lowest BCUT2D eigenvalue weighted by Crippen LogP contribution is -2.65. The number of hydrogen-bond acceptors (Lipinski definition) is 26. The second-order valence-electron chi connectivity index (χ2n) is 13.8. The fraction of sp³-hybridized carbons (Fsp3) is 1.00. The number of ether oxygens (including phenoxy) is 8. The zero-order chi connectivity index (χ0) is 41.8. The minimum atomic E-state index is -2.25. The van der Waals surface area contributed by atoms with Crippen LogP contribution in [0.15, 0.2) is 0 Å². The summed E-state index contributed by atoms with van der Waals surface area (Å²) in [6, 6.07) is 0. The summed E-state index contributed by atoms with van der Waals surface area (Å²) >= 11 is 0. The van der Waals surface area contributed by atoms with E-state index in [-0.39, 0.29) is 0 Å². The lowest BCUT2D eigenvalue weighted by molar-refractivity contribution is -0.368. The van der Waals surface area contributed by atoms with Crippen molar-refractivity contribution in [2.24, 2.45) is 0 Å². The van der Waals surface area contributed by atoms with Crippen LogP contribution in [0.4, 0.5) is 0 Å². The van der Waals surface area contributed by atoms with Crippen LogP contribution in [0, 0.1) is 0 Å². The van der Waals surface area contributed by atoms with Crippen LogP contribution in [0.2, 0.25) is 0 Å². The highest BCUT2D eigenvalue weighted by Crippen LogP contribution is 2.32. The van der Waals surface area contributed by atoms with Crippen LogP contribution in [0.25, 0.3) is 0 Å². The van der Waals surface area contributed by atoms with E-state index in [1.54, 1.807) is 0 Å². The predicted molar refractivity (Wildman–Crippen MR) is 169 cm³/mol. The molecule has 0 unspecified atom stereocenters. The monoisotopic (exact) mass is 830 g/mol. The molecule has 0 aromatic carbocycles. The van der Waals surface area contributed by atoms with Crippen LogP contribution < -0.4 is 0 Å². The molecule has 0 spiro atoms. The van der Waals surface area contributed by atoms with Crippen LogP contribution in [0.3, 0.4) is 0 Å². The van der Waals surface area contributed by atoms with Gasteiger partial charge in [0.25, 0.3) is 0 Å². The molecule has 18 N–H and O–H groups in total. The molecule has 24 atom stereocenters. The summed E-state index contributed by atoms with van der Waals surface area (Å²) in [6.45, 7) is -5.53. The summed E-state index contributed by atoms with van der Waals surface area (Å²) < 4.78 is 43.2. The number of aliphatic hydroxyl groups is 18. The maximum Gasteiger partial charge on any atom is 0.187 e. The molecule has 4 aliphatic rings. The minimum Gasteiger partial charge on any atom is -0.394 e. The molecule has 4 heterocycles. The molecule has 0 aromatic rings. The molecule has 26 nitrogen and oxygen atoms in total. The Kier molecular flexibility index (Phi) is 17.8. The van der Waals surface area contributed by atoms with E-state index in [1.165, 1.54) is 0 Å². The van der Waals surface area contributed by atoms with Gasteiger partial charge in [-0.2, -0.15) is 0 Å². The van der Waals surface area contributed by atoms with E-state index >= 15 is 0 Å². The Morgan fingerprint density at radius 3 is 1.36 bits per heavy atom. The quantitative estimate of drug-likeness (QED) is 0.0647. The molecule has 0 aliphatic carbocycles. The second-order valence-corrected chi connectivity index (χ2v) is 13.8. The van der Waals surface area contributed by atoms with E-state index in [4.69, 9.17) is 37.9 Å². The van der Waals surface area contributed by atoms with Crippen LogP contribution in [0.5, 0.6) is 0 Å². The molecule has 4 saturated heterocycles. The summed E-state index contributed by atoms with van der Waals surface area (Å²) in [5.74, 6) is 0. The first-order valence-electron chi connectivity index (χ1n) is 17.5. The van der Waals surface area contributed by atoms with Crippen molar-refractivity contribution < 1.29 is 130 Å². The maximum atomic E-state index is 11.2. The van der Waals surface area contributed by atoms with Crippen LogP contribution >= 0.6 is 0 Å². The van der Waals surface area contributed by atoms with Gasteiger partial charge in [-0.3, -0.25) is 0 Å². The number of aliphatic hydroxyl groups excluding tert-OH is 18. The third-order valence-corrected chi connectivity index (χ3v) is 9.92. The van der Waals surface area contributed by atoms with Gasteiger partial charge in [0.05, 0.1) is 39.6 Å². The molecule has 4 aliphatic heterocycles. The van der Waals surface area contributed by atoms with E-state index in [0.29, 0.717) is 0 Å². The molecule has 4 rings (SSSR count). The van der Waals surface area contributed by atoms with Crippen molar-refractivity contribution in [1.29, 1.82) is 0 Å². The van der Waals surface area contributed by atoms with Crippen molar-refractivity contribution in [3.63, 3.8) is 0 Å². The topological polar surface area (TPSA) is 438 Å². The Morgan fingerprint density at radius 2 is 0.857 bits per heavy atom. The van der Waals surface area contributed by atoms with Crippen LogP contribution in [-0.2, 0) is 37.9 Å². The first kappa shape index (κ1) is 47.6. The van der Waals surface area contributed by atoms with E-state index in [1.807, 2.05) is 0 Å². The molecule has 330 valence electrons. The molecule has 0 amide bonds. The molecule has 56 heavy (non-hydrogen) atoms. The van der Waals surface area contributed by atoms with Crippen molar-refractivity contribution >= 4 is 0 Å². The van der Waals surface area contributed by atoms with Crippen LogP contribution in [0.1, 0.15) is 0 Å². The van der Waals surface area contributed by atoms with Gasteiger partial charge < -0.3 is 130 Å². The van der Waals surface area contributed by atoms with E-state index in [2.05, 4.69) is 0 Å². The molecule has 0 bridgehead atoms. The molecule has 0 radical (unpaired) electrons. The number of hydrogen-bond donors (Lipinski definition) is 18. The molecule has 0 saturated carbocycles. The molecular formula is C30H54O26. The third kappa shape index (κ3) is 10.5. The normalized spacial score (nSPS) is 47.2. The smallest absolute Gasteiger partial charge is 0.187 e. The van der Waals surface area contributed by atoms with Crippen molar-refractivity contribution in [3.05, 3.63) is 0 Å². The zero-order valence-corrected chi connectivity index (χ0v) is 29.4. The number of rotatable bonds is 17. The minimum absolute atomic E-state index is 0.812. The van der Waals surface area contributed by atoms with Crippen molar-refractivity contribution in [3.8, 4) is 0 Å². The molecule has 0 aromatic heterocycles. The zero-order valence-electron chi connectivity index (χ0n) is 29.4.